The predicted molar refractivity (Wildman–Crippen MR) is 93.3 cm³/mol. The van der Waals surface area contributed by atoms with Crippen molar-refractivity contribution < 1.29 is 19.2 Å². The third kappa shape index (κ3) is 4.69. The standard InChI is InChI=1S/C18H20N2O5/c1-3-25-17-11-14(15(20(22)23)12-16(17)24-2)18(21)19-10-9-13-7-5-4-6-8-13/h4-8,11-12H,3,9-10H2,1-2H3,(H,19,21). The van der Waals surface area contributed by atoms with Crippen LogP contribution in [-0.2, 0) is 6.42 Å². The summed E-state index contributed by atoms with van der Waals surface area (Å²) >= 11 is 0. The fourth-order valence-electron chi connectivity index (χ4n) is 2.37. The normalized spacial score (nSPS) is 10.2. The molecule has 7 heteroatoms. The van der Waals surface area contributed by atoms with Crippen LogP contribution in [0.25, 0.3) is 0 Å². The minimum Gasteiger partial charge on any atom is -0.493 e. The maximum Gasteiger partial charge on any atom is 0.286 e. The number of nitrogens with one attached hydrogen (secondary N) is 1. The number of nitrogens with zero attached hydrogens (tertiary/aromatic N) is 1. The van der Waals surface area contributed by atoms with E-state index in [0.29, 0.717) is 25.3 Å². The molecule has 1 N–H and O–H groups in total. The highest BCUT2D eigenvalue weighted by atomic mass is 16.6. The number of carbonyl (C=O) groups excluding carboxylic acids is 1. The largest absolute Gasteiger partial charge is 0.493 e. The molecule has 2 aromatic rings. The molecule has 0 atom stereocenters. The van der Waals surface area contributed by atoms with E-state index in [-0.39, 0.29) is 17.0 Å². The van der Waals surface area contributed by atoms with Crippen LogP contribution in [0.5, 0.6) is 11.5 Å². The molecule has 2 rings (SSSR count). The average molecular weight is 344 g/mol. The lowest BCUT2D eigenvalue weighted by atomic mass is 10.1. The quantitative estimate of drug-likeness (QED) is 0.587. The third-order valence-electron chi connectivity index (χ3n) is 3.57. The average Bonchev–Trinajstić information content (AvgIpc) is 2.62. The molecule has 0 aliphatic carbocycles. The molecule has 0 radical (unpaired) electrons. The van der Waals surface area contributed by atoms with Gasteiger partial charge >= 0.3 is 0 Å². The molecule has 0 saturated carbocycles. The van der Waals surface area contributed by atoms with Gasteiger partial charge in [-0.15, -0.1) is 0 Å². The molecule has 7 nitrogen and oxygen atoms in total. The summed E-state index contributed by atoms with van der Waals surface area (Å²) in [5.74, 6) is -0.00979. The van der Waals surface area contributed by atoms with Gasteiger partial charge in [-0.05, 0) is 18.9 Å². The van der Waals surface area contributed by atoms with E-state index < -0.39 is 10.8 Å². The van der Waals surface area contributed by atoms with Gasteiger partial charge in [-0.2, -0.15) is 0 Å². The van der Waals surface area contributed by atoms with E-state index in [2.05, 4.69) is 5.32 Å². The molecule has 25 heavy (non-hydrogen) atoms. The zero-order valence-electron chi connectivity index (χ0n) is 14.2. The number of nitro groups is 1. The molecule has 0 spiro atoms. The van der Waals surface area contributed by atoms with Crippen molar-refractivity contribution in [1.29, 1.82) is 0 Å². The summed E-state index contributed by atoms with van der Waals surface area (Å²) in [5, 5.41) is 14.0. The van der Waals surface area contributed by atoms with Crippen molar-refractivity contribution in [3.05, 3.63) is 63.7 Å². The molecule has 1 amide bonds. The summed E-state index contributed by atoms with van der Waals surface area (Å²) in [6.45, 7) is 2.50. The molecule has 0 saturated heterocycles. The highest BCUT2D eigenvalue weighted by Crippen LogP contribution is 2.34. The molecule has 0 heterocycles. The Balaban J connectivity index is 2.18. The molecular formula is C18H20N2O5. The van der Waals surface area contributed by atoms with Gasteiger partial charge in [0.05, 0.1) is 24.7 Å². The first kappa shape index (κ1) is 18.3. The van der Waals surface area contributed by atoms with Crippen LogP contribution in [0.2, 0.25) is 0 Å². The summed E-state index contributed by atoms with van der Waals surface area (Å²) in [5.41, 5.74) is 0.696. The molecule has 2 aromatic carbocycles. The first-order valence-electron chi connectivity index (χ1n) is 7.88. The first-order valence-corrected chi connectivity index (χ1v) is 7.88. The fourth-order valence-corrected chi connectivity index (χ4v) is 2.37. The van der Waals surface area contributed by atoms with E-state index in [1.165, 1.54) is 19.2 Å². The lowest BCUT2D eigenvalue weighted by Gasteiger charge is -2.12. The summed E-state index contributed by atoms with van der Waals surface area (Å²) in [6.07, 6.45) is 0.634. The summed E-state index contributed by atoms with van der Waals surface area (Å²) in [7, 11) is 1.39. The Morgan fingerprint density at radius 1 is 1.20 bits per heavy atom. The zero-order valence-corrected chi connectivity index (χ0v) is 14.2. The van der Waals surface area contributed by atoms with Crippen LogP contribution in [0.4, 0.5) is 5.69 Å². The lowest BCUT2D eigenvalue weighted by Crippen LogP contribution is -2.26. The Labute approximate surface area is 145 Å². The summed E-state index contributed by atoms with van der Waals surface area (Å²) < 4.78 is 10.5. The number of benzene rings is 2. The maximum absolute atomic E-state index is 12.4. The van der Waals surface area contributed by atoms with Gasteiger partial charge in [-0.25, -0.2) is 0 Å². The molecule has 0 bridgehead atoms. The van der Waals surface area contributed by atoms with Crippen LogP contribution in [0.1, 0.15) is 22.8 Å². The second-order valence-corrected chi connectivity index (χ2v) is 5.20. The smallest absolute Gasteiger partial charge is 0.286 e. The number of carbonyl (C=O) groups is 1. The minimum atomic E-state index is -0.607. The Morgan fingerprint density at radius 2 is 1.92 bits per heavy atom. The SMILES string of the molecule is CCOc1cc(C(=O)NCCc2ccccc2)c([N+](=O)[O-])cc1OC. The van der Waals surface area contributed by atoms with Crippen molar-refractivity contribution in [1.82, 2.24) is 5.32 Å². The van der Waals surface area contributed by atoms with Crippen LogP contribution >= 0.6 is 0 Å². The lowest BCUT2D eigenvalue weighted by molar-refractivity contribution is -0.385. The second-order valence-electron chi connectivity index (χ2n) is 5.20. The predicted octanol–water partition coefficient (Wildman–Crippen LogP) is 2.97. The van der Waals surface area contributed by atoms with E-state index in [0.717, 1.165) is 5.56 Å². The van der Waals surface area contributed by atoms with Crippen LogP contribution in [0.3, 0.4) is 0 Å². The van der Waals surface area contributed by atoms with Crippen LogP contribution in [0, 0.1) is 10.1 Å². The van der Waals surface area contributed by atoms with Crippen molar-refractivity contribution in [2.75, 3.05) is 20.3 Å². The van der Waals surface area contributed by atoms with E-state index in [4.69, 9.17) is 9.47 Å². The number of ether oxygens (including phenoxy) is 2. The van der Waals surface area contributed by atoms with Gasteiger partial charge in [0, 0.05) is 12.6 Å². The van der Waals surface area contributed by atoms with E-state index in [1.54, 1.807) is 6.92 Å². The van der Waals surface area contributed by atoms with Gasteiger partial charge in [0.1, 0.15) is 5.56 Å². The molecule has 0 aliphatic heterocycles. The number of nitro benzene ring substituents is 1. The second kappa shape index (κ2) is 8.68. The van der Waals surface area contributed by atoms with Crippen molar-refractivity contribution in [2.45, 2.75) is 13.3 Å². The third-order valence-corrected chi connectivity index (χ3v) is 3.57. The number of amides is 1. The maximum atomic E-state index is 12.4. The summed E-state index contributed by atoms with van der Waals surface area (Å²) in [4.78, 5) is 23.1. The van der Waals surface area contributed by atoms with Crippen LogP contribution in [-0.4, -0.2) is 31.1 Å². The molecule has 0 fully saturated rings. The van der Waals surface area contributed by atoms with E-state index >= 15 is 0 Å². The van der Waals surface area contributed by atoms with Gasteiger partial charge in [-0.1, -0.05) is 30.3 Å². The van der Waals surface area contributed by atoms with E-state index in [9.17, 15) is 14.9 Å². The monoisotopic (exact) mass is 344 g/mol. The first-order chi connectivity index (χ1) is 12.1. The molecule has 0 unspecified atom stereocenters. The highest BCUT2D eigenvalue weighted by molar-refractivity contribution is 5.99. The Hall–Kier alpha value is -3.09. The topological polar surface area (TPSA) is 90.7 Å². The molecular weight excluding hydrogens is 324 g/mol. The molecule has 0 aromatic heterocycles. The van der Waals surface area contributed by atoms with Crippen molar-refractivity contribution in [3.8, 4) is 11.5 Å². The van der Waals surface area contributed by atoms with E-state index in [1.807, 2.05) is 30.3 Å². The van der Waals surface area contributed by atoms with Crippen molar-refractivity contribution in [3.63, 3.8) is 0 Å². The Kier molecular flexibility index (Phi) is 6.33. The molecule has 0 aliphatic rings. The Bertz CT molecular complexity index is 747. The minimum absolute atomic E-state index is 0.0534. The zero-order chi connectivity index (χ0) is 18.2. The van der Waals surface area contributed by atoms with Gasteiger partial charge in [0.25, 0.3) is 11.6 Å². The fraction of sp³-hybridized carbons (Fsp3) is 0.278. The number of hydrogen-bond donors (Lipinski definition) is 1. The van der Waals surface area contributed by atoms with Gasteiger partial charge in [0.2, 0.25) is 0 Å². The van der Waals surface area contributed by atoms with Crippen LogP contribution < -0.4 is 14.8 Å². The van der Waals surface area contributed by atoms with Crippen molar-refractivity contribution >= 4 is 11.6 Å². The number of methoxy groups -OCH3 is 1. The van der Waals surface area contributed by atoms with Gasteiger partial charge in [-0.3, -0.25) is 14.9 Å². The van der Waals surface area contributed by atoms with Gasteiger partial charge < -0.3 is 14.8 Å². The molecule has 132 valence electrons. The van der Waals surface area contributed by atoms with Crippen molar-refractivity contribution in [2.24, 2.45) is 0 Å². The number of hydrogen-bond acceptors (Lipinski definition) is 5. The van der Waals surface area contributed by atoms with Gasteiger partial charge in [0.15, 0.2) is 11.5 Å². The summed E-state index contributed by atoms with van der Waals surface area (Å²) in [6, 6.07) is 12.2. The Morgan fingerprint density at radius 3 is 2.52 bits per heavy atom. The number of rotatable bonds is 8. The van der Waals surface area contributed by atoms with Crippen LogP contribution in [0.15, 0.2) is 42.5 Å². The highest BCUT2D eigenvalue weighted by Gasteiger charge is 2.24.